The summed E-state index contributed by atoms with van der Waals surface area (Å²) in [7, 11) is 0. The van der Waals surface area contributed by atoms with Gasteiger partial charge < -0.3 is 15.3 Å². The number of rotatable bonds is 0. The number of terminal acetylenes is 1. The summed E-state index contributed by atoms with van der Waals surface area (Å²) in [6.07, 6.45) is 8.78. The van der Waals surface area contributed by atoms with Crippen LogP contribution in [0.2, 0.25) is 0 Å². The molecule has 0 saturated heterocycles. The van der Waals surface area contributed by atoms with E-state index in [1.807, 2.05) is 13.0 Å². The first-order valence-electron chi connectivity index (χ1n) is 9.60. The first kappa shape index (κ1) is 17.5. The van der Waals surface area contributed by atoms with E-state index in [2.05, 4.69) is 12.8 Å². The summed E-state index contributed by atoms with van der Waals surface area (Å²) in [6, 6.07) is 0. The van der Waals surface area contributed by atoms with Crippen LogP contribution in [0.15, 0.2) is 11.6 Å². The summed E-state index contributed by atoms with van der Waals surface area (Å²) < 4.78 is 14.7. The summed E-state index contributed by atoms with van der Waals surface area (Å²) in [5, 5.41) is 31.4. The minimum absolute atomic E-state index is 0.141. The Kier molecular flexibility index (Phi) is 3.72. The molecule has 0 spiro atoms. The summed E-state index contributed by atoms with van der Waals surface area (Å²) in [5.74, 6) is 3.26. The Hall–Kier alpha value is -0.890. The summed E-state index contributed by atoms with van der Waals surface area (Å²) >= 11 is 0. The molecule has 0 aromatic heterocycles. The third kappa shape index (κ3) is 1.98. The van der Waals surface area contributed by atoms with Crippen molar-refractivity contribution >= 4 is 0 Å². The van der Waals surface area contributed by atoms with Crippen molar-refractivity contribution in [2.75, 3.05) is 0 Å². The van der Waals surface area contributed by atoms with E-state index in [0.717, 1.165) is 31.3 Å². The lowest BCUT2D eigenvalue weighted by Crippen LogP contribution is -2.56. The molecule has 4 rings (SSSR count). The fraction of sp³-hybridized carbons (Fsp3) is 0.810. The number of hydrogen-bond donors (Lipinski definition) is 3. The highest BCUT2D eigenvalue weighted by Crippen LogP contribution is 2.67. The SMILES string of the molecule is C#CC1(O)C(O)C[C@H]2[C@@H]3CC=C4C(F)C(O)CC[C@]4(C)[C@@H]3CC[C@@]21C. The molecule has 3 N–H and O–H groups in total. The molecule has 4 aliphatic rings. The Morgan fingerprint density at radius 1 is 1.20 bits per heavy atom. The minimum Gasteiger partial charge on any atom is -0.390 e. The van der Waals surface area contributed by atoms with Crippen LogP contribution < -0.4 is 0 Å². The van der Waals surface area contributed by atoms with Crippen molar-refractivity contribution in [3.63, 3.8) is 0 Å². The van der Waals surface area contributed by atoms with E-state index in [0.29, 0.717) is 24.7 Å². The van der Waals surface area contributed by atoms with E-state index in [-0.39, 0.29) is 11.3 Å². The van der Waals surface area contributed by atoms with Crippen molar-refractivity contribution in [3.8, 4) is 12.3 Å². The number of halogens is 1. The first-order valence-corrected chi connectivity index (χ1v) is 9.60. The Balaban J connectivity index is 1.73. The van der Waals surface area contributed by atoms with E-state index in [1.54, 1.807) is 0 Å². The van der Waals surface area contributed by atoms with Gasteiger partial charge in [0.1, 0.15) is 6.17 Å². The van der Waals surface area contributed by atoms with Crippen LogP contribution in [0.4, 0.5) is 4.39 Å². The van der Waals surface area contributed by atoms with Crippen LogP contribution in [0.3, 0.4) is 0 Å². The molecule has 138 valence electrons. The van der Waals surface area contributed by atoms with Gasteiger partial charge in [0.25, 0.3) is 0 Å². The minimum atomic E-state index is -1.47. The molecule has 0 radical (unpaired) electrons. The molecule has 0 heterocycles. The molecule has 4 heteroatoms. The lowest BCUT2D eigenvalue weighted by Gasteiger charge is -2.58. The van der Waals surface area contributed by atoms with Gasteiger partial charge >= 0.3 is 0 Å². The second kappa shape index (κ2) is 5.31. The van der Waals surface area contributed by atoms with Crippen molar-refractivity contribution in [1.82, 2.24) is 0 Å². The van der Waals surface area contributed by atoms with Crippen LogP contribution in [0.1, 0.15) is 52.4 Å². The number of alkyl halides is 1. The van der Waals surface area contributed by atoms with Crippen LogP contribution in [0.25, 0.3) is 0 Å². The van der Waals surface area contributed by atoms with Crippen LogP contribution in [0.5, 0.6) is 0 Å². The topological polar surface area (TPSA) is 60.7 Å². The van der Waals surface area contributed by atoms with Crippen molar-refractivity contribution in [1.29, 1.82) is 0 Å². The van der Waals surface area contributed by atoms with E-state index in [9.17, 15) is 19.7 Å². The molecular weight excluding hydrogens is 319 g/mol. The highest BCUT2D eigenvalue weighted by molar-refractivity contribution is 5.32. The Morgan fingerprint density at radius 3 is 2.60 bits per heavy atom. The zero-order chi connectivity index (χ0) is 18.2. The predicted molar refractivity (Wildman–Crippen MR) is 93.2 cm³/mol. The average Bonchev–Trinajstić information content (AvgIpc) is 2.79. The van der Waals surface area contributed by atoms with Crippen molar-refractivity contribution in [2.24, 2.45) is 28.6 Å². The van der Waals surface area contributed by atoms with Crippen LogP contribution in [0, 0.1) is 40.9 Å². The monoisotopic (exact) mass is 348 g/mol. The van der Waals surface area contributed by atoms with Crippen LogP contribution >= 0.6 is 0 Å². The van der Waals surface area contributed by atoms with Gasteiger partial charge in [0.2, 0.25) is 0 Å². The maximum Gasteiger partial charge on any atom is 0.156 e. The van der Waals surface area contributed by atoms with Gasteiger partial charge in [-0.15, -0.1) is 6.42 Å². The van der Waals surface area contributed by atoms with Gasteiger partial charge in [-0.25, -0.2) is 4.39 Å². The lowest BCUT2D eigenvalue weighted by atomic mass is 9.47. The van der Waals surface area contributed by atoms with E-state index in [1.165, 1.54) is 0 Å². The molecule has 25 heavy (non-hydrogen) atoms. The maximum atomic E-state index is 14.7. The molecule has 4 aliphatic carbocycles. The van der Waals surface area contributed by atoms with Crippen molar-refractivity contribution in [2.45, 2.75) is 76.4 Å². The normalized spacial score (nSPS) is 57.7. The fourth-order valence-corrected chi connectivity index (χ4v) is 6.96. The maximum absolute atomic E-state index is 14.7. The molecule has 3 fully saturated rings. The summed E-state index contributed by atoms with van der Waals surface area (Å²) in [4.78, 5) is 0. The molecule has 0 amide bonds. The smallest absolute Gasteiger partial charge is 0.156 e. The molecule has 9 atom stereocenters. The summed E-state index contributed by atoms with van der Waals surface area (Å²) in [5.41, 5.74) is -1.42. The number of fused-ring (bicyclic) bond motifs is 5. The Morgan fingerprint density at radius 2 is 1.92 bits per heavy atom. The third-order valence-electron chi connectivity index (χ3n) is 8.56. The van der Waals surface area contributed by atoms with E-state index < -0.39 is 29.4 Å². The van der Waals surface area contributed by atoms with Gasteiger partial charge in [0.05, 0.1) is 12.2 Å². The molecule has 0 aromatic rings. The third-order valence-corrected chi connectivity index (χ3v) is 8.56. The van der Waals surface area contributed by atoms with Crippen molar-refractivity contribution < 1.29 is 19.7 Å². The second-order valence-electron chi connectivity index (χ2n) is 9.32. The van der Waals surface area contributed by atoms with Gasteiger partial charge in [-0.2, -0.15) is 0 Å². The van der Waals surface area contributed by atoms with E-state index in [4.69, 9.17) is 6.42 Å². The van der Waals surface area contributed by atoms with Gasteiger partial charge in [0, 0.05) is 5.41 Å². The van der Waals surface area contributed by atoms with Crippen LogP contribution in [-0.2, 0) is 0 Å². The van der Waals surface area contributed by atoms with Gasteiger partial charge in [-0.3, -0.25) is 0 Å². The van der Waals surface area contributed by atoms with Gasteiger partial charge in [-0.05, 0) is 67.3 Å². The molecule has 3 nitrogen and oxygen atoms in total. The number of aliphatic hydroxyl groups excluding tert-OH is 2. The standard InChI is InChI=1S/C21H29FO3/c1-4-21(25)17(24)11-15-12-5-6-14-18(22)16(23)8-9-19(14,2)13(12)7-10-20(15,21)3/h1,6,12-13,15-18,23-25H,5,7-11H2,2-3H3/t12-,13-,15+,16?,17?,18?,19-,20+,21?/m1/s1. The molecule has 0 aliphatic heterocycles. The number of aliphatic hydroxyl groups is 3. The summed E-state index contributed by atoms with van der Waals surface area (Å²) in [6.45, 7) is 4.17. The molecule has 3 saturated carbocycles. The molecular formula is C21H29FO3. The van der Waals surface area contributed by atoms with Crippen molar-refractivity contribution in [3.05, 3.63) is 11.6 Å². The zero-order valence-electron chi connectivity index (χ0n) is 15.1. The predicted octanol–water partition coefficient (Wildman–Crippen LogP) is 2.59. The zero-order valence-corrected chi connectivity index (χ0v) is 15.1. The first-order chi connectivity index (χ1) is 11.7. The van der Waals surface area contributed by atoms with Crippen LogP contribution in [-0.4, -0.2) is 39.3 Å². The molecule has 4 unspecified atom stereocenters. The Labute approximate surface area is 149 Å². The van der Waals surface area contributed by atoms with Gasteiger partial charge in [-0.1, -0.05) is 25.8 Å². The largest absolute Gasteiger partial charge is 0.390 e. The second-order valence-corrected chi connectivity index (χ2v) is 9.32. The average molecular weight is 348 g/mol. The van der Waals surface area contributed by atoms with Gasteiger partial charge in [0.15, 0.2) is 5.60 Å². The Bertz CT molecular complexity index is 654. The number of allylic oxidation sites excluding steroid dienone is 1. The number of hydrogen-bond acceptors (Lipinski definition) is 3. The fourth-order valence-electron chi connectivity index (χ4n) is 6.96. The van der Waals surface area contributed by atoms with E-state index >= 15 is 0 Å². The quantitative estimate of drug-likeness (QED) is 0.466. The highest BCUT2D eigenvalue weighted by Gasteiger charge is 2.67. The molecule has 0 bridgehead atoms. The lowest BCUT2D eigenvalue weighted by molar-refractivity contribution is -0.121. The highest BCUT2D eigenvalue weighted by atomic mass is 19.1. The molecule has 0 aromatic carbocycles.